The van der Waals surface area contributed by atoms with Crippen LogP contribution in [0.3, 0.4) is 0 Å². The van der Waals surface area contributed by atoms with Gasteiger partial charge in [-0.15, -0.1) is 0 Å². The molecule has 0 N–H and O–H groups in total. The van der Waals surface area contributed by atoms with Crippen LogP contribution < -0.4 is 14.4 Å². The third-order valence-electron chi connectivity index (χ3n) is 9.96. The number of benzene rings is 5. The molecule has 53 heavy (non-hydrogen) atoms. The predicted molar refractivity (Wildman–Crippen MR) is 205 cm³/mol. The molecule has 2 heterocycles. The topological polar surface area (TPSA) is 93.2 Å². The first-order chi connectivity index (χ1) is 24.9. The lowest BCUT2D eigenvalue weighted by Crippen LogP contribution is -2.45. The number of imide groups is 2. The van der Waals surface area contributed by atoms with E-state index in [9.17, 15) is 19.2 Å². The first kappa shape index (κ1) is 35.4. The number of amides is 4. The van der Waals surface area contributed by atoms with E-state index in [1.54, 1.807) is 36.4 Å². The molecule has 7 rings (SSSR count). The van der Waals surface area contributed by atoms with Crippen LogP contribution in [-0.2, 0) is 10.8 Å². The van der Waals surface area contributed by atoms with Crippen LogP contribution in [0.25, 0.3) is 0 Å². The smallest absolute Gasteiger partial charge is 0.266 e. The molecule has 0 atom stereocenters. The summed E-state index contributed by atoms with van der Waals surface area (Å²) in [6.07, 6.45) is 0. The van der Waals surface area contributed by atoms with Gasteiger partial charge in [-0.25, -0.2) is 4.90 Å². The molecule has 8 nitrogen and oxygen atoms in total. The zero-order valence-corrected chi connectivity index (χ0v) is 31.2. The zero-order chi connectivity index (χ0) is 38.0. The summed E-state index contributed by atoms with van der Waals surface area (Å²) in [5, 5.41) is 0. The molecular weight excluding hydrogens is 665 g/mol. The molecule has 5 aromatic rings. The maximum Gasteiger partial charge on any atom is 0.266 e. The maximum absolute atomic E-state index is 13.6. The fourth-order valence-electron chi connectivity index (χ4n) is 7.02. The lowest BCUT2D eigenvalue weighted by molar-refractivity contribution is 0.0507. The van der Waals surface area contributed by atoms with Crippen molar-refractivity contribution in [3.05, 3.63) is 148 Å². The number of nitrogens with zero attached hydrogens (tertiary/aromatic N) is 2. The van der Waals surface area contributed by atoms with Gasteiger partial charge >= 0.3 is 0 Å². The van der Waals surface area contributed by atoms with Crippen LogP contribution in [0.4, 0.5) is 5.69 Å². The van der Waals surface area contributed by atoms with Crippen molar-refractivity contribution in [2.75, 3.05) is 4.90 Å². The average molecular weight is 707 g/mol. The van der Waals surface area contributed by atoms with Gasteiger partial charge in [0.05, 0.1) is 27.9 Å². The Kier molecular flexibility index (Phi) is 8.40. The van der Waals surface area contributed by atoms with Crippen molar-refractivity contribution in [2.45, 2.75) is 71.8 Å². The monoisotopic (exact) mass is 706 g/mol. The number of hydrogen-bond donors (Lipinski definition) is 0. The number of ether oxygens (including phenoxy) is 2. The first-order valence-electron chi connectivity index (χ1n) is 17.7. The van der Waals surface area contributed by atoms with Gasteiger partial charge in [-0.1, -0.05) is 77.1 Å². The standard InChI is InChI=1S/C45H42N2O6/c1-43(2,3)37-11-9-10-12-38(37)46-39(48)33-23-21-31(25-35(33)40(46)49)52-29-17-13-27(14-18-29)45(7,8)28-15-19-30(20-16-28)53-32-22-24-34-36(26-32)42(51)47(41(34)50)44(4,5)6/h9-26H,1-8H3. The fourth-order valence-corrected chi connectivity index (χ4v) is 7.02. The highest BCUT2D eigenvalue weighted by atomic mass is 16.5. The Morgan fingerprint density at radius 1 is 0.453 bits per heavy atom. The van der Waals surface area contributed by atoms with Gasteiger partial charge in [0.15, 0.2) is 0 Å². The molecule has 0 bridgehead atoms. The van der Waals surface area contributed by atoms with Crippen LogP contribution in [0.5, 0.6) is 23.0 Å². The third-order valence-corrected chi connectivity index (χ3v) is 9.96. The summed E-state index contributed by atoms with van der Waals surface area (Å²) in [6, 6.07) is 33.1. The number of para-hydroxylation sites is 1. The predicted octanol–water partition coefficient (Wildman–Crippen LogP) is 10.1. The van der Waals surface area contributed by atoms with Gasteiger partial charge in [-0.05, 0) is 110 Å². The minimum atomic E-state index is -0.625. The van der Waals surface area contributed by atoms with E-state index in [0.29, 0.717) is 50.9 Å². The Morgan fingerprint density at radius 3 is 1.36 bits per heavy atom. The molecule has 0 aromatic heterocycles. The zero-order valence-electron chi connectivity index (χ0n) is 31.2. The number of carbonyl (C=O) groups excluding carboxylic acids is 4. The minimum Gasteiger partial charge on any atom is -0.457 e. The van der Waals surface area contributed by atoms with Gasteiger partial charge in [0.2, 0.25) is 0 Å². The molecule has 0 aliphatic carbocycles. The second-order valence-corrected chi connectivity index (χ2v) is 16.1. The summed E-state index contributed by atoms with van der Waals surface area (Å²) in [7, 11) is 0. The van der Waals surface area contributed by atoms with Gasteiger partial charge in [0.1, 0.15) is 23.0 Å². The summed E-state index contributed by atoms with van der Waals surface area (Å²) < 4.78 is 12.3. The van der Waals surface area contributed by atoms with Crippen LogP contribution in [0.15, 0.2) is 109 Å². The fraction of sp³-hybridized carbons (Fsp3) is 0.244. The Labute approximate surface area is 310 Å². The molecule has 0 fully saturated rings. The molecule has 2 aliphatic rings. The molecular formula is C45H42N2O6. The van der Waals surface area contributed by atoms with Crippen LogP contribution in [0, 0.1) is 0 Å². The summed E-state index contributed by atoms with van der Waals surface area (Å²) in [6.45, 7) is 15.9. The van der Waals surface area contributed by atoms with E-state index in [2.05, 4.69) is 34.6 Å². The molecule has 0 spiro atoms. The number of rotatable bonds is 7. The highest BCUT2D eigenvalue weighted by Crippen LogP contribution is 2.39. The molecule has 8 heteroatoms. The molecule has 268 valence electrons. The quantitative estimate of drug-likeness (QED) is 0.156. The molecule has 5 aromatic carbocycles. The van der Waals surface area contributed by atoms with Gasteiger partial charge in [-0.2, -0.15) is 0 Å². The van der Waals surface area contributed by atoms with E-state index in [1.807, 2.05) is 93.6 Å². The van der Waals surface area contributed by atoms with Crippen molar-refractivity contribution >= 4 is 29.3 Å². The molecule has 0 unspecified atom stereocenters. The van der Waals surface area contributed by atoms with Crippen molar-refractivity contribution in [1.82, 2.24) is 4.90 Å². The normalized spacial score (nSPS) is 14.5. The highest BCUT2D eigenvalue weighted by Gasteiger charge is 2.42. The maximum atomic E-state index is 13.6. The Hall–Kier alpha value is -6.02. The van der Waals surface area contributed by atoms with E-state index < -0.39 is 5.54 Å². The van der Waals surface area contributed by atoms with Crippen molar-refractivity contribution in [3.63, 3.8) is 0 Å². The largest absolute Gasteiger partial charge is 0.457 e. The van der Waals surface area contributed by atoms with E-state index in [1.165, 1.54) is 9.80 Å². The number of fused-ring (bicyclic) bond motifs is 2. The van der Waals surface area contributed by atoms with E-state index in [-0.39, 0.29) is 34.5 Å². The number of carbonyl (C=O) groups is 4. The highest BCUT2D eigenvalue weighted by molar-refractivity contribution is 6.34. The third kappa shape index (κ3) is 6.28. The van der Waals surface area contributed by atoms with Crippen molar-refractivity contribution in [1.29, 1.82) is 0 Å². The van der Waals surface area contributed by atoms with E-state index in [4.69, 9.17) is 9.47 Å². The second-order valence-electron chi connectivity index (χ2n) is 16.1. The Balaban J connectivity index is 1.03. The summed E-state index contributed by atoms with van der Waals surface area (Å²) >= 11 is 0. The van der Waals surface area contributed by atoms with Crippen LogP contribution in [0.1, 0.15) is 114 Å². The second kappa shape index (κ2) is 12.6. The lowest BCUT2D eigenvalue weighted by Gasteiger charge is -2.29. The molecule has 2 aliphatic heterocycles. The Morgan fingerprint density at radius 2 is 0.868 bits per heavy atom. The van der Waals surface area contributed by atoms with Gasteiger partial charge in [-0.3, -0.25) is 24.1 Å². The number of hydrogen-bond acceptors (Lipinski definition) is 6. The summed E-state index contributed by atoms with van der Waals surface area (Å²) in [4.78, 5) is 55.5. The summed E-state index contributed by atoms with van der Waals surface area (Å²) in [5.74, 6) is 0.818. The SMILES string of the molecule is CC(C)(C)c1ccccc1N1C(=O)c2ccc(Oc3ccc(C(C)(C)c4ccc(Oc5ccc6c(c5)C(=O)N(C(C)(C)C)C6=O)cc4)cc3)cc2C1=O. The van der Waals surface area contributed by atoms with Crippen LogP contribution >= 0.6 is 0 Å². The lowest BCUT2D eigenvalue weighted by atomic mass is 9.78. The van der Waals surface area contributed by atoms with Crippen molar-refractivity contribution in [2.24, 2.45) is 0 Å². The minimum absolute atomic E-state index is 0.259. The van der Waals surface area contributed by atoms with Crippen molar-refractivity contribution in [3.8, 4) is 23.0 Å². The molecule has 0 radical (unpaired) electrons. The molecule has 0 saturated carbocycles. The van der Waals surface area contributed by atoms with Crippen molar-refractivity contribution < 1.29 is 28.7 Å². The van der Waals surface area contributed by atoms with E-state index >= 15 is 0 Å². The molecule has 4 amide bonds. The van der Waals surface area contributed by atoms with Gasteiger partial charge in [0.25, 0.3) is 23.6 Å². The molecule has 0 saturated heterocycles. The summed E-state index contributed by atoms with van der Waals surface area (Å²) in [5.41, 5.74) is 3.79. The Bertz CT molecular complexity index is 2310. The van der Waals surface area contributed by atoms with E-state index in [0.717, 1.165) is 16.7 Å². The van der Waals surface area contributed by atoms with Gasteiger partial charge < -0.3 is 9.47 Å². The van der Waals surface area contributed by atoms with Crippen LogP contribution in [0.2, 0.25) is 0 Å². The average Bonchev–Trinajstić information content (AvgIpc) is 3.51. The number of anilines is 1. The first-order valence-corrected chi connectivity index (χ1v) is 17.7. The van der Waals surface area contributed by atoms with Gasteiger partial charge in [0, 0.05) is 11.0 Å². The van der Waals surface area contributed by atoms with Crippen LogP contribution in [-0.4, -0.2) is 34.1 Å².